The maximum absolute atomic E-state index is 11.7. The van der Waals surface area contributed by atoms with E-state index < -0.39 is 0 Å². The normalized spacial score (nSPS) is 38.0. The van der Waals surface area contributed by atoms with Gasteiger partial charge in [0.25, 0.3) is 0 Å². The highest BCUT2D eigenvalue weighted by molar-refractivity contribution is 5.72. The fraction of sp³-hybridized carbons (Fsp3) is 0.786. The van der Waals surface area contributed by atoms with E-state index in [1.165, 1.54) is 0 Å². The summed E-state index contributed by atoms with van der Waals surface area (Å²) in [7, 11) is 0. The second-order valence-corrected chi connectivity index (χ2v) is 5.69. The highest BCUT2D eigenvalue weighted by Crippen LogP contribution is 2.74. The molecule has 0 spiro atoms. The minimum absolute atomic E-state index is 0.0611. The Labute approximate surface area is 97.7 Å². The zero-order chi connectivity index (χ0) is 12.0. The standard InChI is InChI=1S/C14H20O2/c1-5-16-12(15)9-14-8-10(2)6-7-11(14)13(14,3)4/h10-11H,5,8-9H2,1-4H3. The van der Waals surface area contributed by atoms with E-state index in [-0.39, 0.29) is 16.8 Å². The molecule has 2 heteroatoms. The summed E-state index contributed by atoms with van der Waals surface area (Å²) in [5.74, 6) is 7.32. The van der Waals surface area contributed by atoms with Gasteiger partial charge < -0.3 is 4.74 Å². The van der Waals surface area contributed by atoms with Crippen molar-refractivity contribution < 1.29 is 9.53 Å². The van der Waals surface area contributed by atoms with Crippen LogP contribution in [0.5, 0.6) is 0 Å². The molecule has 1 fully saturated rings. The summed E-state index contributed by atoms with van der Waals surface area (Å²) in [6.07, 6.45) is 1.58. The molecule has 0 aromatic carbocycles. The van der Waals surface area contributed by atoms with E-state index >= 15 is 0 Å². The maximum Gasteiger partial charge on any atom is 0.306 e. The quantitative estimate of drug-likeness (QED) is 0.540. The van der Waals surface area contributed by atoms with Gasteiger partial charge >= 0.3 is 5.97 Å². The summed E-state index contributed by atoms with van der Waals surface area (Å²) in [5, 5.41) is 0. The minimum Gasteiger partial charge on any atom is -0.466 e. The molecule has 16 heavy (non-hydrogen) atoms. The Hall–Kier alpha value is -0.970. The monoisotopic (exact) mass is 220 g/mol. The number of esters is 1. The van der Waals surface area contributed by atoms with Crippen molar-refractivity contribution in [2.24, 2.45) is 22.7 Å². The van der Waals surface area contributed by atoms with E-state index in [9.17, 15) is 4.79 Å². The molecule has 0 aliphatic heterocycles. The van der Waals surface area contributed by atoms with Gasteiger partial charge in [0.05, 0.1) is 13.0 Å². The lowest BCUT2D eigenvalue weighted by atomic mass is 9.82. The van der Waals surface area contributed by atoms with Crippen LogP contribution in [0.2, 0.25) is 0 Å². The van der Waals surface area contributed by atoms with Crippen LogP contribution in [-0.2, 0) is 9.53 Å². The van der Waals surface area contributed by atoms with Gasteiger partial charge in [0.2, 0.25) is 0 Å². The number of carbonyl (C=O) groups is 1. The molecule has 0 bridgehead atoms. The lowest BCUT2D eigenvalue weighted by molar-refractivity contribution is -0.145. The van der Waals surface area contributed by atoms with Crippen LogP contribution in [0.25, 0.3) is 0 Å². The van der Waals surface area contributed by atoms with E-state index in [0.29, 0.717) is 24.9 Å². The molecule has 0 aromatic heterocycles. The van der Waals surface area contributed by atoms with Crippen LogP contribution in [0.4, 0.5) is 0 Å². The van der Waals surface area contributed by atoms with E-state index in [1.807, 2.05) is 6.92 Å². The third-order valence-corrected chi connectivity index (χ3v) is 4.38. The first-order chi connectivity index (χ1) is 7.44. The van der Waals surface area contributed by atoms with Crippen molar-refractivity contribution in [2.45, 2.75) is 40.5 Å². The van der Waals surface area contributed by atoms with Gasteiger partial charge in [0, 0.05) is 17.3 Å². The van der Waals surface area contributed by atoms with Crippen LogP contribution in [0, 0.1) is 34.5 Å². The number of fused-ring (bicyclic) bond motifs is 1. The molecule has 0 radical (unpaired) electrons. The zero-order valence-electron chi connectivity index (χ0n) is 10.6. The average molecular weight is 220 g/mol. The predicted octanol–water partition coefficient (Wildman–Crippen LogP) is 2.63. The Morgan fingerprint density at radius 3 is 2.75 bits per heavy atom. The van der Waals surface area contributed by atoms with Crippen LogP contribution in [0.15, 0.2) is 0 Å². The van der Waals surface area contributed by atoms with Crippen LogP contribution >= 0.6 is 0 Å². The van der Waals surface area contributed by atoms with Crippen molar-refractivity contribution in [1.29, 1.82) is 0 Å². The molecule has 0 amide bonds. The molecule has 3 unspecified atom stereocenters. The minimum atomic E-state index is -0.0611. The first-order valence-corrected chi connectivity index (χ1v) is 6.10. The summed E-state index contributed by atoms with van der Waals surface area (Å²) in [6.45, 7) is 8.92. The molecule has 0 saturated heterocycles. The van der Waals surface area contributed by atoms with Gasteiger partial charge in [-0.15, -0.1) is 0 Å². The van der Waals surface area contributed by atoms with Crippen molar-refractivity contribution in [2.75, 3.05) is 6.61 Å². The predicted molar refractivity (Wildman–Crippen MR) is 62.5 cm³/mol. The summed E-state index contributed by atoms with van der Waals surface area (Å²) < 4.78 is 5.08. The van der Waals surface area contributed by atoms with Gasteiger partial charge in [-0.25, -0.2) is 0 Å². The SMILES string of the molecule is CCOC(=O)CC12CC(C)C#CC1C2(C)C. The van der Waals surface area contributed by atoms with E-state index in [4.69, 9.17) is 4.74 Å². The van der Waals surface area contributed by atoms with Gasteiger partial charge in [0.15, 0.2) is 0 Å². The van der Waals surface area contributed by atoms with E-state index in [1.54, 1.807) is 0 Å². The van der Waals surface area contributed by atoms with Gasteiger partial charge in [-0.3, -0.25) is 4.79 Å². The Balaban J connectivity index is 2.14. The molecular formula is C14H20O2. The summed E-state index contributed by atoms with van der Waals surface area (Å²) in [4.78, 5) is 11.7. The van der Waals surface area contributed by atoms with Crippen molar-refractivity contribution in [3.63, 3.8) is 0 Å². The third-order valence-electron chi connectivity index (χ3n) is 4.38. The molecule has 0 heterocycles. The molecule has 0 N–H and O–H groups in total. The zero-order valence-corrected chi connectivity index (χ0v) is 10.6. The fourth-order valence-electron chi connectivity index (χ4n) is 3.34. The van der Waals surface area contributed by atoms with E-state index in [0.717, 1.165) is 6.42 Å². The molecule has 2 aliphatic rings. The largest absolute Gasteiger partial charge is 0.466 e. The van der Waals surface area contributed by atoms with Crippen molar-refractivity contribution in [1.82, 2.24) is 0 Å². The second-order valence-electron chi connectivity index (χ2n) is 5.69. The molecule has 88 valence electrons. The summed E-state index contributed by atoms with van der Waals surface area (Å²) in [5.41, 5.74) is 0.265. The topological polar surface area (TPSA) is 26.3 Å². The Kier molecular flexibility index (Phi) is 2.53. The molecule has 0 aromatic rings. The smallest absolute Gasteiger partial charge is 0.306 e. The molecular weight excluding hydrogens is 200 g/mol. The number of hydrogen-bond donors (Lipinski definition) is 0. The van der Waals surface area contributed by atoms with Crippen LogP contribution in [0.3, 0.4) is 0 Å². The Morgan fingerprint density at radius 2 is 2.12 bits per heavy atom. The molecule has 2 rings (SSSR count). The van der Waals surface area contributed by atoms with Crippen LogP contribution in [0.1, 0.15) is 40.5 Å². The number of ether oxygens (including phenoxy) is 1. The second kappa shape index (κ2) is 3.52. The fourth-order valence-corrected chi connectivity index (χ4v) is 3.34. The highest BCUT2D eigenvalue weighted by Gasteiger charge is 2.71. The number of carbonyl (C=O) groups excluding carboxylic acids is 1. The molecule has 3 atom stereocenters. The maximum atomic E-state index is 11.7. The third kappa shape index (κ3) is 1.45. The summed E-state index contributed by atoms with van der Waals surface area (Å²) in [6, 6.07) is 0. The van der Waals surface area contributed by atoms with Gasteiger partial charge in [-0.1, -0.05) is 32.6 Å². The van der Waals surface area contributed by atoms with E-state index in [2.05, 4.69) is 32.6 Å². The first-order valence-electron chi connectivity index (χ1n) is 6.10. The van der Waals surface area contributed by atoms with Crippen LogP contribution in [-0.4, -0.2) is 12.6 Å². The lowest BCUT2D eigenvalue weighted by Gasteiger charge is -2.22. The number of rotatable bonds is 3. The molecule has 2 nitrogen and oxygen atoms in total. The number of hydrogen-bond acceptors (Lipinski definition) is 2. The van der Waals surface area contributed by atoms with Crippen molar-refractivity contribution >= 4 is 5.97 Å². The van der Waals surface area contributed by atoms with Crippen molar-refractivity contribution in [3.8, 4) is 11.8 Å². The Bertz CT molecular complexity index is 372. The van der Waals surface area contributed by atoms with Gasteiger partial charge in [-0.2, -0.15) is 0 Å². The first kappa shape index (κ1) is 11.5. The lowest BCUT2D eigenvalue weighted by Crippen LogP contribution is -2.21. The molecule has 2 aliphatic carbocycles. The van der Waals surface area contributed by atoms with Crippen LogP contribution < -0.4 is 0 Å². The molecule has 1 saturated carbocycles. The average Bonchev–Trinajstić information content (AvgIpc) is 2.61. The Morgan fingerprint density at radius 1 is 1.44 bits per heavy atom. The highest BCUT2D eigenvalue weighted by atomic mass is 16.5. The van der Waals surface area contributed by atoms with Crippen molar-refractivity contribution in [3.05, 3.63) is 0 Å². The van der Waals surface area contributed by atoms with Gasteiger partial charge in [0.1, 0.15) is 0 Å². The summed E-state index contributed by atoms with van der Waals surface area (Å²) >= 11 is 0. The van der Waals surface area contributed by atoms with Gasteiger partial charge in [-0.05, 0) is 18.8 Å².